The molecule has 0 nitrogen and oxygen atoms in total. The summed E-state index contributed by atoms with van der Waals surface area (Å²) < 4.78 is 0. The molecule has 0 aromatic heterocycles. The molecule has 0 aliphatic rings. The van der Waals surface area contributed by atoms with E-state index in [1.54, 1.807) is 0 Å². The van der Waals surface area contributed by atoms with E-state index < -0.39 is 0 Å². The Morgan fingerprint density at radius 3 is 1.00 bits per heavy atom. The summed E-state index contributed by atoms with van der Waals surface area (Å²) in [5.74, 6) is 0. The summed E-state index contributed by atoms with van der Waals surface area (Å²) in [6.45, 7) is 0. The summed E-state index contributed by atoms with van der Waals surface area (Å²) in [4.78, 5) is 0. The van der Waals surface area contributed by atoms with Crippen molar-refractivity contribution in [2.75, 3.05) is 0 Å². The molecule has 0 amide bonds. The minimum atomic E-state index is 0. The normalized spacial score (nSPS) is 0. The van der Waals surface area contributed by atoms with Gasteiger partial charge in [0, 0.05) is 76.0 Å². The first-order valence-corrected chi connectivity index (χ1v) is 0. The molecule has 4 heteroatoms. The van der Waals surface area contributed by atoms with Crippen molar-refractivity contribution < 1.29 is 76.0 Å². The average molecular weight is 266 g/mol. The Morgan fingerprint density at radius 1 is 1.00 bits per heavy atom. The fourth-order valence-corrected chi connectivity index (χ4v) is 0. The van der Waals surface area contributed by atoms with E-state index in [0.717, 1.165) is 0 Å². The molecular formula is H3AlFeYZr. The van der Waals surface area contributed by atoms with Crippen molar-refractivity contribution in [1.82, 2.24) is 0 Å². The van der Waals surface area contributed by atoms with Crippen LogP contribution in [0.2, 0.25) is 0 Å². The van der Waals surface area contributed by atoms with Crippen LogP contribution in [0, 0.1) is 0 Å². The first kappa shape index (κ1) is 27.8. The molecule has 0 N–H and O–H groups in total. The van der Waals surface area contributed by atoms with Gasteiger partial charge in [0.15, 0.2) is 17.4 Å². The van der Waals surface area contributed by atoms with E-state index in [1.807, 2.05) is 0 Å². The van der Waals surface area contributed by atoms with E-state index in [4.69, 9.17) is 0 Å². The van der Waals surface area contributed by atoms with Gasteiger partial charge in [-0.3, -0.25) is 0 Å². The van der Waals surface area contributed by atoms with Crippen LogP contribution in [0.4, 0.5) is 0 Å². The number of rotatable bonds is 0. The molecule has 0 saturated heterocycles. The van der Waals surface area contributed by atoms with Crippen molar-refractivity contribution in [2.45, 2.75) is 0 Å². The molecule has 0 saturated carbocycles. The van der Waals surface area contributed by atoms with Gasteiger partial charge in [0.1, 0.15) is 0 Å². The standard InChI is InChI=1S/Al.Fe.Y.Zr.3H. The largest absolute Gasteiger partial charge is 0.187 e. The fourth-order valence-electron chi connectivity index (χ4n) is 0. The second-order valence-corrected chi connectivity index (χ2v) is 0. The molecule has 4 heavy (non-hydrogen) atoms. The Balaban J connectivity index is 0. The summed E-state index contributed by atoms with van der Waals surface area (Å²) in [6, 6.07) is 0. The Morgan fingerprint density at radius 2 is 1.00 bits per heavy atom. The second kappa shape index (κ2) is 16.6. The summed E-state index contributed by atoms with van der Waals surface area (Å²) in [7, 11) is 0. The molecule has 1 radical (unpaired) electrons. The summed E-state index contributed by atoms with van der Waals surface area (Å²) in [5, 5.41) is 0. The van der Waals surface area contributed by atoms with E-state index in [0.29, 0.717) is 0 Å². The van der Waals surface area contributed by atoms with Crippen LogP contribution in [0.3, 0.4) is 0 Å². The summed E-state index contributed by atoms with van der Waals surface area (Å²) >= 11 is 0. The van der Waals surface area contributed by atoms with E-state index in [2.05, 4.69) is 0 Å². The molecule has 0 spiro atoms. The molecule has 0 fully saturated rings. The predicted octanol–water partition coefficient (Wildman–Crippen LogP) is -1.19. The Hall–Kier alpha value is 3.04. The van der Waals surface area contributed by atoms with Gasteiger partial charge >= 0.3 is 0 Å². The van der Waals surface area contributed by atoms with E-state index in [9.17, 15) is 0 Å². The van der Waals surface area contributed by atoms with Gasteiger partial charge in [-0.05, 0) is 0 Å². The minimum Gasteiger partial charge on any atom is 0 e. The fraction of sp³-hybridized carbons (Fsp3) is 0. The Kier molecular flexibility index (Phi) is 115. The van der Waals surface area contributed by atoms with Crippen molar-refractivity contribution in [3.8, 4) is 0 Å². The van der Waals surface area contributed by atoms with E-state index in [-0.39, 0.29) is 93.3 Å². The van der Waals surface area contributed by atoms with Gasteiger partial charge in [0.05, 0.1) is 0 Å². The number of hydrogen-bond donors (Lipinski definition) is 0. The van der Waals surface area contributed by atoms with Crippen molar-refractivity contribution >= 4 is 17.4 Å². The average Bonchev–Trinajstić information content (AvgIpc) is 0. The maximum atomic E-state index is 0. The second-order valence-electron chi connectivity index (χ2n) is 0. The van der Waals surface area contributed by atoms with Crippen LogP contribution in [-0.2, 0) is 76.0 Å². The zero-order valence-corrected chi connectivity index (χ0v) is 7.83. The van der Waals surface area contributed by atoms with Crippen LogP contribution in [-0.4, -0.2) is 17.4 Å². The third-order valence-corrected chi connectivity index (χ3v) is 0. The third-order valence-electron chi connectivity index (χ3n) is 0. The summed E-state index contributed by atoms with van der Waals surface area (Å²) in [6.07, 6.45) is 0. The van der Waals surface area contributed by atoms with Crippen molar-refractivity contribution in [1.29, 1.82) is 0 Å². The quantitative estimate of drug-likeness (QED) is 0.484. The zero-order chi connectivity index (χ0) is 0. The smallest absolute Gasteiger partial charge is 0 e. The van der Waals surface area contributed by atoms with Crippen LogP contribution in [0.15, 0.2) is 0 Å². The van der Waals surface area contributed by atoms with Crippen molar-refractivity contribution in [3.63, 3.8) is 0 Å². The van der Waals surface area contributed by atoms with Crippen LogP contribution < -0.4 is 0 Å². The van der Waals surface area contributed by atoms with Crippen LogP contribution in [0.1, 0.15) is 0 Å². The monoisotopic (exact) mass is 265 g/mol. The van der Waals surface area contributed by atoms with E-state index in [1.165, 1.54) is 0 Å². The molecular weight excluding hydrogens is 263 g/mol. The molecule has 0 aliphatic carbocycles. The zero-order valence-electron chi connectivity index (χ0n) is 1.43. The maximum absolute atomic E-state index is 0. The summed E-state index contributed by atoms with van der Waals surface area (Å²) in [5.41, 5.74) is 0. The van der Waals surface area contributed by atoms with Crippen LogP contribution in [0.25, 0.3) is 0 Å². The Labute approximate surface area is 91.5 Å². The molecule has 0 atom stereocenters. The van der Waals surface area contributed by atoms with Crippen LogP contribution in [0.5, 0.6) is 0 Å². The van der Waals surface area contributed by atoms with Gasteiger partial charge in [-0.1, -0.05) is 0 Å². The van der Waals surface area contributed by atoms with Gasteiger partial charge in [0.2, 0.25) is 0 Å². The van der Waals surface area contributed by atoms with Gasteiger partial charge < -0.3 is 0 Å². The number of hydrogen-bond acceptors (Lipinski definition) is 0. The molecule has 0 aromatic carbocycles. The van der Waals surface area contributed by atoms with Crippen LogP contribution >= 0.6 is 0 Å². The first-order valence-electron chi connectivity index (χ1n) is 0. The topological polar surface area (TPSA) is 0 Å². The van der Waals surface area contributed by atoms with Gasteiger partial charge in [-0.15, -0.1) is 0 Å². The molecule has 0 aliphatic heterocycles. The Bertz CT molecular complexity index is 8.00. The van der Waals surface area contributed by atoms with E-state index >= 15 is 0 Å². The molecule has 0 bridgehead atoms. The van der Waals surface area contributed by atoms with Crippen molar-refractivity contribution in [2.24, 2.45) is 0 Å². The van der Waals surface area contributed by atoms with Gasteiger partial charge in [0.25, 0.3) is 0 Å². The predicted molar refractivity (Wildman–Crippen MR) is 9.94 cm³/mol. The first-order chi connectivity index (χ1) is 0. The van der Waals surface area contributed by atoms with Gasteiger partial charge in [-0.2, -0.15) is 0 Å². The minimum absolute atomic E-state index is 0. The molecule has 0 rings (SSSR count). The molecule has 0 unspecified atom stereocenters. The molecule has 21 valence electrons. The molecule has 0 heterocycles. The van der Waals surface area contributed by atoms with Crippen molar-refractivity contribution in [3.05, 3.63) is 0 Å². The third kappa shape index (κ3) is 8.90. The molecule has 0 aromatic rings. The SMILES string of the molecule is [AlH3].[Fe].[Y].[Zr]. The van der Waals surface area contributed by atoms with Gasteiger partial charge in [-0.25, -0.2) is 0 Å². The maximum Gasteiger partial charge on any atom is 0.187 e.